The van der Waals surface area contributed by atoms with Crippen LogP contribution in [-0.4, -0.2) is 19.1 Å². The minimum absolute atomic E-state index is 0.128. The standard InChI is InChI=1S/C16H19NO3/c1-9-13-8-12(19-3)6-7-14(13)20-15(9)16(18)17-10(2)11-4-5-11/h6-8,10-11H,4-5H2,1-3H3,(H,17,18). The maximum Gasteiger partial charge on any atom is 0.287 e. The van der Waals surface area contributed by atoms with Gasteiger partial charge < -0.3 is 14.5 Å². The first-order valence-corrected chi connectivity index (χ1v) is 6.98. The topological polar surface area (TPSA) is 51.5 Å². The molecule has 1 heterocycles. The van der Waals surface area contributed by atoms with Crippen LogP contribution >= 0.6 is 0 Å². The predicted octanol–water partition coefficient (Wildman–Crippen LogP) is 3.28. The summed E-state index contributed by atoms with van der Waals surface area (Å²) in [6.07, 6.45) is 2.41. The van der Waals surface area contributed by atoms with E-state index in [1.807, 2.05) is 25.1 Å². The SMILES string of the molecule is COc1ccc2oc(C(=O)NC(C)C3CC3)c(C)c2c1. The summed E-state index contributed by atoms with van der Waals surface area (Å²) in [4.78, 5) is 12.3. The van der Waals surface area contributed by atoms with E-state index in [0.717, 1.165) is 16.7 Å². The fourth-order valence-electron chi connectivity index (χ4n) is 2.53. The Morgan fingerprint density at radius 1 is 1.45 bits per heavy atom. The molecule has 1 atom stereocenters. The molecule has 4 nitrogen and oxygen atoms in total. The van der Waals surface area contributed by atoms with Gasteiger partial charge in [0.2, 0.25) is 0 Å². The maximum absolute atomic E-state index is 12.3. The van der Waals surface area contributed by atoms with Crippen LogP contribution in [0, 0.1) is 12.8 Å². The molecular formula is C16H19NO3. The van der Waals surface area contributed by atoms with Crippen LogP contribution < -0.4 is 10.1 Å². The minimum Gasteiger partial charge on any atom is -0.497 e. The summed E-state index contributed by atoms with van der Waals surface area (Å²) >= 11 is 0. The molecule has 1 aromatic carbocycles. The highest BCUT2D eigenvalue weighted by Gasteiger charge is 2.30. The summed E-state index contributed by atoms with van der Waals surface area (Å²) in [7, 11) is 1.63. The van der Waals surface area contributed by atoms with E-state index < -0.39 is 0 Å². The van der Waals surface area contributed by atoms with Crippen LogP contribution in [0.4, 0.5) is 0 Å². The lowest BCUT2D eigenvalue weighted by atomic mass is 10.1. The third-order valence-corrected chi connectivity index (χ3v) is 4.04. The van der Waals surface area contributed by atoms with E-state index in [0.29, 0.717) is 17.3 Å². The summed E-state index contributed by atoms with van der Waals surface area (Å²) in [6, 6.07) is 5.78. The van der Waals surface area contributed by atoms with Crippen LogP contribution in [0.1, 0.15) is 35.9 Å². The Bertz CT molecular complexity index is 655. The van der Waals surface area contributed by atoms with Gasteiger partial charge in [-0.15, -0.1) is 0 Å². The number of amides is 1. The van der Waals surface area contributed by atoms with E-state index in [-0.39, 0.29) is 11.9 Å². The molecule has 4 heteroatoms. The fourth-order valence-corrected chi connectivity index (χ4v) is 2.53. The van der Waals surface area contributed by atoms with E-state index in [1.54, 1.807) is 7.11 Å². The molecule has 1 N–H and O–H groups in total. The van der Waals surface area contributed by atoms with Crippen LogP contribution in [0.2, 0.25) is 0 Å². The number of fused-ring (bicyclic) bond motifs is 1. The van der Waals surface area contributed by atoms with E-state index in [4.69, 9.17) is 9.15 Å². The Morgan fingerprint density at radius 3 is 2.85 bits per heavy atom. The molecule has 106 valence electrons. The van der Waals surface area contributed by atoms with Gasteiger partial charge in [0.05, 0.1) is 7.11 Å². The molecule has 1 aliphatic carbocycles. The second kappa shape index (κ2) is 4.85. The van der Waals surface area contributed by atoms with Gasteiger partial charge in [0.1, 0.15) is 11.3 Å². The first-order chi connectivity index (χ1) is 9.60. The monoisotopic (exact) mass is 273 g/mol. The number of rotatable bonds is 4. The van der Waals surface area contributed by atoms with Crippen molar-refractivity contribution in [2.24, 2.45) is 5.92 Å². The molecule has 1 amide bonds. The van der Waals surface area contributed by atoms with Crippen molar-refractivity contribution >= 4 is 16.9 Å². The number of furan rings is 1. The third-order valence-electron chi connectivity index (χ3n) is 4.04. The van der Waals surface area contributed by atoms with Gasteiger partial charge in [0.15, 0.2) is 5.76 Å². The summed E-state index contributed by atoms with van der Waals surface area (Å²) in [5, 5.41) is 3.95. The zero-order chi connectivity index (χ0) is 14.3. The first kappa shape index (κ1) is 13.0. The molecule has 1 saturated carbocycles. The van der Waals surface area contributed by atoms with Gasteiger partial charge >= 0.3 is 0 Å². The molecule has 1 aromatic heterocycles. The number of ether oxygens (including phenoxy) is 1. The molecule has 0 spiro atoms. The van der Waals surface area contributed by atoms with Crippen molar-refractivity contribution in [2.45, 2.75) is 32.7 Å². The second-order valence-electron chi connectivity index (χ2n) is 5.52. The normalized spacial score (nSPS) is 16.1. The van der Waals surface area contributed by atoms with E-state index >= 15 is 0 Å². The van der Waals surface area contributed by atoms with Gasteiger partial charge in [0.25, 0.3) is 5.91 Å². The quantitative estimate of drug-likeness (QED) is 0.930. The Labute approximate surface area is 118 Å². The highest BCUT2D eigenvalue weighted by molar-refractivity contribution is 5.99. The van der Waals surface area contributed by atoms with Crippen LogP contribution in [-0.2, 0) is 0 Å². The first-order valence-electron chi connectivity index (χ1n) is 6.98. The summed E-state index contributed by atoms with van der Waals surface area (Å²) in [6.45, 7) is 3.96. The molecule has 0 aliphatic heterocycles. The van der Waals surface area contributed by atoms with Gasteiger partial charge in [-0.05, 0) is 50.8 Å². The number of methoxy groups -OCH3 is 1. The maximum atomic E-state index is 12.3. The predicted molar refractivity (Wildman–Crippen MR) is 77.2 cm³/mol. The molecule has 1 aliphatic rings. The van der Waals surface area contributed by atoms with Gasteiger partial charge in [-0.2, -0.15) is 0 Å². The third kappa shape index (κ3) is 2.26. The number of nitrogens with one attached hydrogen (secondary N) is 1. The average molecular weight is 273 g/mol. The largest absolute Gasteiger partial charge is 0.497 e. The van der Waals surface area contributed by atoms with Crippen molar-refractivity contribution in [1.29, 1.82) is 0 Å². The Morgan fingerprint density at radius 2 is 2.20 bits per heavy atom. The van der Waals surface area contributed by atoms with Crippen LogP contribution in [0.5, 0.6) is 5.75 Å². The van der Waals surface area contributed by atoms with Gasteiger partial charge in [-0.3, -0.25) is 4.79 Å². The van der Waals surface area contributed by atoms with E-state index in [2.05, 4.69) is 12.2 Å². The van der Waals surface area contributed by atoms with E-state index in [9.17, 15) is 4.79 Å². The van der Waals surface area contributed by atoms with E-state index in [1.165, 1.54) is 12.8 Å². The number of carbonyl (C=O) groups is 1. The van der Waals surface area contributed by atoms with Gasteiger partial charge in [-0.25, -0.2) is 0 Å². The lowest BCUT2D eigenvalue weighted by Gasteiger charge is -2.11. The fraction of sp³-hybridized carbons (Fsp3) is 0.438. The van der Waals surface area contributed by atoms with Crippen molar-refractivity contribution in [1.82, 2.24) is 5.32 Å². The summed E-state index contributed by atoms with van der Waals surface area (Å²) in [5.41, 5.74) is 1.58. The molecule has 0 bridgehead atoms. The van der Waals surface area contributed by atoms with Crippen molar-refractivity contribution in [2.75, 3.05) is 7.11 Å². The van der Waals surface area contributed by atoms with Crippen LogP contribution in [0.25, 0.3) is 11.0 Å². The van der Waals surface area contributed by atoms with Crippen LogP contribution in [0.3, 0.4) is 0 Å². The molecule has 20 heavy (non-hydrogen) atoms. The van der Waals surface area contributed by atoms with Gasteiger partial charge in [0, 0.05) is 17.0 Å². The Balaban J connectivity index is 1.90. The molecule has 1 fully saturated rings. The summed E-state index contributed by atoms with van der Waals surface area (Å²) in [5.74, 6) is 1.67. The number of benzene rings is 1. The molecule has 1 unspecified atom stereocenters. The smallest absolute Gasteiger partial charge is 0.287 e. The zero-order valence-electron chi connectivity index (χ0n) is 12.0. The Kier molecular flexibility index (Phi) is 3.16. The average Bonchev–Trinajstić information content (AvgIpc) is 3.24. The highest BCUT2D eigenvalue weighted by Crippen LogP contribution is 2.33. The molecule has 3 rings (SSSR count). The zero-order valence-corrected chi connectivity index (χ0v) is 12.0. The lowest BCUT2D eigenvalue weighted by Crippen LogP contribution is -2.34. The highest BCUT2D eigenvalue weighted by atomic mass is 16.5. The molecule has 0 radical (unpaired) electrons. The van der Waals surface area contributed by atoms with Crippen molar-refractivity contribution in [3.63, 3.8) is 0 Å². The number of carbonyl (C=O) groups excluding carboxylic acids is 1. The van der Waals surface area contributed by atoms with Crippen molar-refractivity contribution in [3.05, 3.63) is 29.5 Å². The van der Waals surface area contributed by atoms with Gasteiger partial charge in [-0.1, -0.05) is 0 Å². The molecule has 2 aromatic rings. The molecular weight excluding hydrogens is 254 g/mol. The minimum atomic E-state index is -0.128. The molecule has 0 saturated heterocycles. The lowest BCUT2D eigenvalue weighted by molar-refractivity contribution is 0.0909. The van der Waals surface area contributed by atoms with Crippen molar-refractivity contribution in [3.8, 4) is 5.75 Å². The van der Waals surface area contributed by atoms with Crippen molar-refractivity contribution < 1.29 is 13.9 Å². The number of aryl methyl sites for hydroxylation is 1. The summed E-state index contributed by atoms with van der Waals surface area (Å²) < 4.78 is 10.9. The Hall–Kier alpha value is -1.97. The number of hydrogen-bond acceptors (Lipinski definition) is 3. The second-order valence-corrected chi connectivity index (χ2v) is 5.52. The van der Waals surface area contributed by atoms with Crippen LogP contribution in [0.15, 0.2) is 22.6 Å². The number of hydrogen-bond donors (Lipinski definition) is 1.